The molecule has 0 radical (unpaired) electrons. The van der Waals surface area contributed by atoms with Gasteiger partial charge >= 0.3 is 5.97 Å². The number of hydrogen-bond acceptors (Lipinski definition) is 3. The van der Waals surface area contributed by atoms with Gasteiger partial charge in [-0.3, -0.25) is 4.79 Å². The summed E-state index contributed by atoms with van der Waals surface area (Å²) in [7, 11) is 1.44. The third kappa shape index (κ3) is 8.63. The zero-order valence-electron chi connectivity index (χ0n) is 15.0. The van der Waals surface area contributed by atoms with E-state index in [1.165, 1.54) is 31.9 Å². The van der Waals surface area contributed by atoms with Gasteiger partial charge in [-0.1, -0.05) is 38.7 Å². The number of rotatable bonds is 12. The SMILES string of the molecule is CCCCCc1cc(C)c(/C=C\CCCCCCC(=O)OC)o1. The van der Waals surface area contributed by atoms with Crippen molar-refractivity contribution in [2.75, 3.05) is 7.11 Å². The topological polar surface area (TPSA) is 39.4 Å². The Morgan fingerprint density at radius 3 is 2.70 bits per heavy atom. The molecule has 0 spiro atoms. The van der Waals surface area contributed by atoms with Crippen LogP contribution in [0.2, 0.25) is 0 Å². The molecule has 0 aromatic carbocycles. The summed E-state index contributed by atoms with van der Waals surface area (Å²) in [5, 5.41) is 0. The van der Waals surface area contributed by atoms with Gasteiger partial charge in [-0.25, -0.2) is 0 Å². The van der Waals surface area contributed by atoms with E-state index in [0.29, 0.717) is 6.42 Å². The summed E-state index contributed by atoms with van der Waals surface area (Å²) in [6.45, 7) is 4.33. The van der Waals surface area contributed by atoms with Crippen molar-refractivity contribution in [3.05, 3.63) is 29.2 Å². The van der Waals surface area contributed by atoms with Crippen LogP contribution in [0.15, 0.2) is 16.6 Å². The molecule has 130 valence electrons. The maximum absolute atomic E-state index is 11.0. The van der Waals surface area contributed by atoms with E-state index in [1.54, 1.807) is 0 Å². The van der Waals surface area contributed by atoms with Crippen LogP contribution in [0.3, 0.4) is 0 Å². The van der Waals surface area contributed by atoms with E-state index in [1.807, 2.05) is 0 Å². The minimum absolute atomic E-state index is 0.104. The van der Waals surface area contributed by atoms with Gasteiger partial charge in [0.1, 0.15) is 11.5 Å². The molecule has 1 heterocycles. The predicted molar refractivity (Wildman–Crippen MR) is 95.4 cm³/mol. The molecule has 0 unspecified atom stereocenters. The first-order valence-electron chi connectivity index (χ1n) is 9.00. The number of carbonyl (C=O) groups is 1. The van der Waals surface area contributed by atoms with E-state index in [-0.39, 0.29) is 5.97 Å². The Kier molecular flexibility index (Phi) is 10.2. The second-order valence-electron chi connectivity index (χ2n) is 6.15. The fourth-order valence-corrected chi connectivity index (χ4v) is 2.58. The van der Waals surface area contributed by atoms with Gasteiger partial charge in [-0.2, -0.15) is 0 Å². The lowest BCUT2D eigenvalue weighted by atomic mass is 10.1. The number of carbonyl (C=O) groups excluding carboxylic acids is 1. The molecule has 0 atom stereocenters. The molecule has 3 heteroatoms. The highest BCUT2D eigenvalue weighted by Crippen LogP contribution is 2.19. The van der Waals surface area contributed by atoms with Gasteiger partial charge in [0.15, 0.2) is 0 Å². The van der Waals surface area contributed by atoms with Crippen LogP contribution < -0.4 is 0 Å². The van der Waals surface area contributed by atoms with Gasteiger partial charge in [-0.15, -0.1) is 0 Å². The predicted octanol–water partition coefficient (Wildman–Crippen LogP) is 5.85. The molecule has 0 saturated carbocycles. The largest absolute Gasteiger partial charge is 0.469 e. The summed E-state index contributed by atoms with van der Waals surface area (Å²) in [6, 6.07) is 2.17. The van der Waals surface area contributed by atoms with Crippen LogP contribution in [0.5, 0.6) is 0 Å². The Hall–Kier alpha value is -1.51. The first kappa shape index (κ1) is 19.5. The molecule has 0 fully saturated rings. The number of esters is 1. The molecule has 0 aliphatic heterocycles. The molecule has 0 amide bonds. The summed E-state index contributed by atoms with van der Waals surface area (Å²) >= 11 is 0. The van der Waals surface area contributed by atoms with Crippen LogP contribution in [-0.4, -0.2) is 13.1 Å². The summed E-state index contributed by atoms with van der Waals surface area (Å²) in [4.78, 5) is 11.0. The van der Waals surface area contributed by atoms with Gasteiger partial charge in [0.05, 0.1) is 7.11 Å². The lowest BCUT2D eigenvalue weighted by Gasteiger charge is -1.99. The molecular formula is C20H32O3. The zero-order chi connectivity index (χ0) is 16.9. The second kappa shape index (κ2) is 12.0. The Morgan fingerprint density at radius 2 is 1.96 bits per heavy atom. The van der Waals surface area contributed by atoms with E-state index in [0.717, 1.165) is 50.0 Å². The van der Waals surface area contributed by atoms with Crippen LogP contribution in [0.25, 0.3) is 6.08 Å². The van der Waals surface area contributed by atoms with E-state index < -0.39 is 0 Å². The molecule has 0 bridgehead atoms. The van der Waals surface area contributed by atoms with Crippen LogP contribution in [-0.2, 0) is 16.0 Å². The van der Waals surface area contributed by atoms with Gasteiger partial charge in [0, 0.05) is 12.8 Å². The number of furan rings is 1. The van der Waals surface area contributed by atoms with Crippen molar-refractivity contribution in [3.63, 3.8) is 0 Å². The van der Waals surface area contributed by atoms with E-state index in [2.05, 4.69) is 36.8 Å². The van der Waals surface area contributed by atoms with Gasteiger partial charge in [0.2, 0.25) is 0 Å². The van der Waals surface area contributed by atoms with Crippen LogP contribution in [0.1, 0.15) is 81.8 Å². The average Bonchev–Trinajstić information content (AvgIpc) is 2.90. The first-order chi connectivity index (χ1) is 11.2. The van der Waals surface area contributed by atoms with Crippen molar-refractivity contribution >= 4 is 12.0 Å². The van der Waals surface area contributed by atoms with Crippen molar-refractivity contribution in [3.8, 4) is 0 Å². The molecule has 1 aromatic heterocycles. The number of methoxy groups -OCH3 is 1. The lowest BCUT2D eigenvalue weighted by Crippen LogP contribution is -1.98. The van der Waals surface area contributed by atoms with Crippen molar-refractivity contribution in [1.82, 2.24) is 0 Å². The summed E-state index contributed by atoms with van der Waals surface area (Å²) in [6.07, 6.45) is 15.0. The van der Waals surface area contributed by atoms with Crippen molar-refractivity contribution in [2.45, 2.75) is 78.1 Å². The monoisotopic (exact) mass is 320 g/mol. The normalized spacial score (nSPS) is 11.3. The zero-order valence-corrected chi connectivity index (χ0v) is 15.0. The molecule has 0 aliphatic carbocycles. The second-order valence-corrected chi connectivity index (χ2v) is 6.15. The van der Waals surface area contributed by atoms with Crippen LogP contribution >= 0.6 is 0 Å². The van der Waals surface area contributed by atoms with Gasteiger partial charge in [0.25, 0.3) is 0 Å². The number of ether oxygens (including phenoxy) is 1. The lowest BCUT2D eigenvalue weighted by molar-refractivity contribution is -0.140. The fraction of sp³-hybridized carbons (Fsp3) is 0.650. The van der Waals surface area contributed by atoms with Crippen LogP contribution in [0, 0.1) is 6.92 Å². The highest BCUT2D eigenvalue weighted by molar-refractivity contribution is 5.68. The van der Waals surface area contributed by atoms with Crippen LogP contribution in [0.4, 0.5) is 0 Å². The molecule has 1 rings (SSSR count). The molecule has 1 aromatic rings. The Bertz CT molecular complexity index is 471. The van der Waals surface area contributed by atoms with Gasteiger partial charge in [-0.05, 0) is 50.3 Å². The molecule has 3 nitrogen and oxygen atoms in total. The molecular weight excluding hydrogens is 288 g/mol. The van der Waals surface area contributed by atoms with E-state index >= 15 is 0 Å². The molecule has 0 aliphatic rings. The minimum atomic E-state index is -0.104. The Morgan fingerprint density at radius 1 is 1.17 bits per heavy atom. The third-order valence-electron chi connectivity index (χ3n) is 4.03. The molecule has 0 N–H and O–H groups in total. The molecule has 0 saturated heterocycles. The number of aryl methyl sites for hydroxylation is 2. The number of allylic oxidation sites excluding steroid dienone is 1. The maximum Gasteiger partial charge on any atom is 0.305 e. The Balaban J connectivity index is 2.18. The first-order valence-corrected chi connectivity index (χ1v) is 9.00. The average molecular weight is 320 g/mol. The van der Waals surface area contributed by atoms with Crippen molar-refractivity contribution in [1.29, 1.82) is 0 Å². The van der Waals surface area contributed by atoms with Crippen molar-refractivity contribution in [2.24, 2.45) is 0 Å². The maximum atomic E-state index is 11.0. The van der Waals surface area contributed by atoms with E-state index in [9.17, 15) is 4.79 Å². The third-order valence-corrected chi connectivity index (χ3v) is 4.03. The minimum Gasteiger partial charge on any atom is -0.469 e. The van der Waals surface area contributed by atoms with Crippen molar-refractivity contribution < 1.29 is 13.9 Å². The van der Waals surface area contributed by atoms with E-state index in [4.69, 9.17) is 4.42 Å². The standard InChI is InChI=1S/C20H32O3/c1-4-5-10-13-18-16-17(2)19(23-18)14-11-8-6-7-9-12-15-20(21)22-3/h11,14,16H,4-10,12-13,15H2,1-3H3/b14-11-. The summed E-state index contributed by atoms with van der Waals surface area (Å²) in [5.41, 5.74) is 1.23. The Labute approximate surface area is 141 Å². The summed E-state index contributed by atoms with van der Waals surface area (Å²) in [5.74, 6) is 2.01. The smallest absolute Gasteiger partial charge is 0.305 e. The summed E-state index contributed by atoms with van der Waals surface area (Å²) < 4.78 is 10.5. The highest BCUT2D eigenvalue weighted by atomic mass is 16.5. The van der Waals surface area contributed by atoms with Gasteiger partial charge < -0.3 is 9.15 Å². The number of hydrogen-bond donors (Lipinski definition) is 0. The highest BCUT2D eigenvalue weighted by Gasteiger charge is 2.04. The number of unbranched alkanes of at least 4 members (excludes halogenated alkanes) is 6. The fourth-order valence-electron chi connectivity index (χ4n) is 2.58. The quantitative estimate of drug-likeness (QED) is 0.358. The molecule has 23 heavy (non-hydrogen) atoms.